The van der Waals surface area contributed by atoms with E-state index >= 15 is 0 Å². The maximum absolute atomic E-state index is 12.4. The van der Waals surface area contributed by atoms with Gasteiger partial charge in [0.1, 0.15) is 5.75 Å². The molecule has 1 fully saturated rings. The Morgan fingerprint density at radius 3 is 2.00 bits per heavy atom. The molecule has 0 bridgehead atoms. The number of hydrogen-bond acceptors (Lipinski definition) is 11. The van der Waals surface area contributed by atoms with Crippen molar-refractivity contribution in [2.24, 2.45) is 5.73 Å². The largest absolute Gasteiger partial charge is 0.497 e. The number of nitrogens with two attached hydrogens (primary N) is 1. The van der Waals surface area contributed by atoms with Crippen LogP contribution in [0.1, 0.15) is 34.3 Å². The molecule has 220 valence electrons. The van der Waals surface area contributed by atoms with Gasteiger partial charge >= 0.3 is 0 Å². The number of amides is 1. The zero-order chi connectivity index (χ0) is 28.7. The summed E-state index contributed by atoms with van der Waals surface area (Å²) < 4.78 is 15.9. The Balaban J connectivity index is 1.28. The first kappa shape index (κ1) is 30.0. The van der Waals surface area contributed by atoms with Gasteiger partial charge in [0.05, 0.1) is 33.5 Å². The van der Waals surface area contributed by atoms with Crippen molar-refractivity contribution in [2.75, 3.05) is 75.2 Å². The van der Waals surface area contributed by atoms with Gasteiger partial charge in [-0.15, -0.1) is 0 Å². The molecule has 1 aromatic heterocycles. The molecular formula is C29H40N8O4. The predicted molar refractivity (Wildman–Crippen MR) is 158 cm³/mol. The lowest BCUT2D eigenvalue weighted by atomic mass is 10.1. The molecular weight excluding hydrogens is 524 g/mol. The highest BCUT2D eigenvalue weighted by Crippen LogP contribution is 2.20. The molecule has 5 N–H and O–H groups in total. The number of nitrogens with zero attached hydrogens (tertiary/aromatic N) is 4. The average molecular weight is 565 g/mol. The maximum atomic E-state index is 12.4. The molecule has 2 heterocycles. The van der Waals surface area contributed by atoms with Crippen molar-refractivity contribution in [2.45, 2.75) is 25.9 Å². The number of benzene rings is 2. The lowest BCUT2D eigenvalue weighted by Gasteiger charge is -2.17. The van der Waals surface area contributed by atoms with Gasteiger partial charge in [-0.1, -0.05) is 24.3 Å². The number of carbonyl (C=O) groups excluding carboxylic acids is 1. The maximum Gasteiger partial charge on any atom is 0.251 e. The Hall–Kier alpha value is -4.00. The van der Waals surface area contributed by atoms with E-state index in [1.807, 2.05) is 36.4 Å². The smallest absolute Gasteiger partial charge is 0.251 e. The number of anilines is 3. The summed E-state index contributed by atoms with van der Waals surface area (Å²) in [4.78, 5) is 28.6. The van der Waals surface area contributed by atoms with E-state index in [-0.39, 0.29) is 5.91 Å². The van der Waals surface area contributed by atoms with Gasteiger partial charge in [-0.2, -0.15) is 15.0 Å². The predicted octanol–water partition coefficient (Wildman–Crippen LogP) is 2.43. The van der Waals surface area contributed by atoms with E-state index in [4.69, 9.17) is 19.9 Å². The third-order valence-electron chi connectivity index (χ3n) is 6.46. The summed E-state index contributed by atoms with van der Waals surface area (Å²) in [6, 6.07) is 15.3. The Morgan fingerprint density at radius 1 is 0.829 bits per heavy atom. The van der Waals surface area contributed by atoms with Crippen LogP contribution in [0.15, 0.2) is 48.5 Å². The van der Waals surface area contributed by atoms with E-state index in [9.17, 15) is 4.79 Å². The molecule has 2 aromatic carbocycles. The summed E-state index contributed by atoms with van der Waals surface area (Å²) in [5, 5.41) is 9.50. The number of hydrogen-bond donors (Lipinski definition) is 4. The van der Waals surface area contributed by atoms with Crippen LogP contribution in [-0.2, 0) is 22.6 Å². The first-order valence-electron chi connectivity index (χ1n) is 14.0. The molecule has 1 aliphatic rings. The lowest BCUT2D eigenvalue weighted by Crippen LogP contribution is -2.27. The quantitative estimate of drug-likeness (QED) is 0.179. The third kappa shape index (κ3) is 9.85. The Kier molecular flexibility index (Phi) is 11.9. The molecule has 0 aliphatic carbocycles. The fourth-order valence-electron chi connectivity index (χ4n) is 4.21. The van der Waals surface area contributed by atoms with Crippen LogP contribution in [-0.4, -0.2) is 80.6 Å². The number of aromatic nitrogens is 3. The highest BCUT2D eigenvalue weighted by Gasteiger charge is 2.17. The molecule has 0 spiro atoms. The van der Waals surface area contributed by atoms with Crippen LogP contribution in [0.3, 0.4) is 0 Å². The summed E-state index contributed by atoms with van der Waals surface area (Å²) in [6.07, 6.45) is 2.25. The molecule has 1 saturated heterocycles. The molecule has 12 heteroatoms. The van der Waals surface area contributed by atoms with E-state index < -0.39 is 0 Å². The second kappa shape index (κ2) is 16.3. The van der Waals surface area contributed by atoms with Gasteiger partial charge in [-0.3, -0.25) is 4.79 Å². The van der Waals surface area contributed by atoms with E-state index in [0.717, 1.165) is 42.8 Å². The summed E-state index contributed by atoms with van der Waals surface area (Å²) in [7, 11) is 1.65. The monoisotopic (exact) mass is 564 g/mol. The lowest BCUT2D eigenvalue weighted by molar-refractivity contribution is 0.0511. The van der Waals surface area contributed by atoms with Crippen molar-refractivity contribution >= 4 is 23.8 Å². The zero-order valence-corrected chi connectivity index (χ0v) is 23.6. The van der Waals surface area contributed by atoms with Crippen LogP contribution < -0.4 is 31.3 Å². The van der Waals surface area contributed by atoms with Crippen molar-refractivity contribution in [1.29, 1.82) is 0 Å². The molecule has 12 nitrogen and oxygen atoms in total. The van der Waals surface area contributed by atoms with Crippen LogP contribution in [0.25, 0.3) is 0 Å². The molecule has 0 radical (unpaired) electrons. The Bertz CT molecular complexity index is 1200. The molecule has 0 saturated carbocycles. The Labute approximate surface area is 241 Å². The van der Waals surface area contributed by atoms with Crippen LogP contribution in [0.4, 0.5) is 17.8 Å². The van der Waals surface area contributed by atoms with Gasteiger partial charge in [0.25, 0.3) is 5.91 Å². The van der Waals surface area contributed by atoms with Crippen molar-refractivity contribution < 1.29 is 19.0 Å². The van der Waals surface area contributed by atoms with Crippen molar-refractivity contribution in [3.8, 4) is 5.75 Å². The van der Waals surface area contributed by atoms with Crippen LogP contribution in [0, 0.1) is 0 Å². The molecule has 41 heavy (non-hydrogen) atoms. The van der Waals surface area contributed by atoms with Gasteiger partial charge in [0.2, 0.25) is 17.8 Å². The van der Waals surface area contributed by atoms with Gasteiger partial charge in [0, 0.05) is 44.8 Å². The normalized spacial score (nSPS) is 12.8. The minimum Gasteiger partial charge on any atom is -0.497 e. The fraction of sp³-hybridized carbons (Fsp3) is 0.448. The van der Waals surface area contributed by atoms with Gasteiger partial charge in [-0.05, 0) is 48.2 Å². The van der Waals surface area contributed by atoms with Gasteiger partial charge in [-0.25, -0.2) is 0 Å². The van der Waals surface area contributed by atoms with E-state index in [2.05, 4.69) is 35.8 Å². The molecule has 0 unspecified atom stereocenters. The summed E-state index contributed by atoms with van der Waals surface area (Å²) in [5.74, 6) is 2.34. The first-order valence-corrected chi connectivity index (χ1v) is 14.0. The van der Waals surface area contributed by atoms with Crippen LogP contribution in [0.2, 0.25) is 0 Å². The first-order chi connectivity index (χ1) is 20.1. The number of rotatable bonds is 17. The molecule has 1 amide bonds. The van der Waals surface area contributed by atoms with Crippen molar-refractivity contribution in [3.05, 3.63) is 65.2 Å². The highest BCUT2D eigenvalue weighted by atomic mass is 16.5. The second-order valence-electron chi connectivity index (χ2n) is 9.50. The summed E-state index contributed by atoms with van der Waals surface area (Å²) >= 11 is 0. The fourth-order valence-corrected chi connectivity index (χ4v) is 4.21. The highest BCUT2D eigenvalue weighted by molar-refractivity contribution is 5.94. The van der Waals surface area contributed by atoms with Crippen LogP contribution >= 0.6 is 0 Å². The van der Waals surface area contributed by atoms with E-state index in [1.165, 1.54) is 0 Å². The Morgan fingerprint density at radius 2 is 1.41 bits per heavy atom. The van der Waals surface area contributed by atoms with E-state index in [0.29, 0.717) is 76.0 Å². The number of methoxy groups -OCH3 is 1. The SMILES string of the molecule is COc1ccc(CNc2nc(NCc3ccc(C(=O)NCCOCCOCCN)cc3)nc(N3CCCC3)n2)cc1. The zero-order valence-electron chi connectivity index (χ0n) is 23.6. The topological polar surface area (TPSA) is 149 Å². The number of ether oxygens (including phenoxy) is 3. The average Bonchev–Trinajstić information content (AvgIpc) is 3.56. The van der Waals surface area contributed by atoms with Gasteiger partial charge in [0.15, 0.2) is 0 Å². The summed E-state index contributed by atoms with van der Waals surface area (Å²) in [6.45, 7) is 5.76. The standard InChI is InChI=1S/C29H40N8O4/c1-39-25-10-6-23(7-11-25)21-33-28-34-27(35-29(36-28)37-14-2-3-15-37)32-20-22-4-8-24(9-5-22)26(38)31-13-17-41-19-18-40-16-12-30/h4-11H,2-3,12-21,30H2,1H3,(H,31,38)(H2,32,33,34,35,36). The van der Waals surface area contributed by atoms with Gasteiger partial charge < -0.3 is 40.8 Å². The van der Waals surface area contributed by atoms with E-state index in [1.54, 1.807) is 19.2 Å². The van der Waals surface area contributed by atoms with Crippen molar-refractivity contribution in [1.82, 2.24) is 20.3 Å². The minimum absolute atomic E-state index is 0.146. The number of nitrogens with one attached hydrogen (secondary N) is 3. The second-order valence-corrected chi connectivity index (χ2v) is 9.50. The molecule has 3 aromatic rings. The van der Waals surface area contributed by atoms with Crippen LogP contribution in [0.5, 0.6) is 5.75 Å². The molecule has 0 atom stereocenters. The summed E-state index contributed by atoms with van der Waals surface area (Å²) in [5.41, 5.74) is 8.04. The minimum atomic E-state index is -0.146. The molecule has 4 rings (SSSR count). The number of carbonyl (C=O) groups is 1. The molecule has 1 aliphatic heterocycles. The third-order valence-corrected chi connectivity index (χ3v) is 6.46. The van der Waals surface area contributed by atoms with Crippen molar-refractivity contribution in [3.63, 3.8) is 0 Å².